The molecule has 0 spiro atoms. The molecule has 11 heteroatoms. The van der Waals surface area contributed by atoms with Crippen LogP contribution in [0.15, 0.2) is 49.1 Å². The van der Waals surface area contributed by atoms with Crippen molar-refractivity contribution in [2.75, 3.05) is 37.7 Å². The third-order valence-corrected chi connectivity index (χ3v) is 9.01. The van der Waals surface area contributed by atoms with Gasteiger partial charge < -0.3 is 15.0 Å². The average molecular weight is 602 g/mol. The number of fused-ring (bicyclic) bond motifs is 1. The molecule has 0 saturated carbocycles. The number of nitrogens with one attached hydrogen (secondary N) is 1. The number of anilines is 1. The lowest BCUT2D eigenvalue weighted by atomic mass is 9.75. The summed E-state index contributed by atoms with van der Waals surface area (Å²) < 4.78 is 22.4. The van der Waals surface area contributed by atoms with Crippen LogP contribution in [-0.2, 0) is 0 Å². The number of alkyl halides is 1. The van der Waals surface area contributed by atoms with Crippen LogP contribution in [0.5, 0.6) is 5.75 Å². The molecule has 9 nitrogen and oxygen atoms in total. The third-order valence-electron chi connectivity index (χ3n) is 8.69. The summed E-state index contributed by atoms with van der Waals surface area (Å²) in [5.41, 5.74) is 2.12. The molecule has 0 aliphatic carbocycles. The highest BCUT2D eigenvalue weighted by Crippen LogP contribution is 2.38. The second-order valence-electron chi connectivity index (χ2n) is 12.0. The van der Waals surface area contributed by atoms with Crippen LogP contribution in [0.25, 0.3) is 16.8 Å². The van der Waals surface area contributed by atoms with Gasteiger partial charge in [0.15, 0.2) is 11.5 Å². The summed E-state index contributed by atoms with van der Waals surface area (Å²) in [5, 5.41) is 17.5. The quantitative estimate of drug-likeness (QED) is 0.261. The number of nitriles is 1. The largest absolute Gasteiger partial charge is 0.489 e. The number of Topliss-reactive ketones (excluding diaryl/α,β-unsaturated/α-hetero) is 1. The molecule has 222 valence electrons. The van der Waals surface area contributed by atoms with Crippen molar-refractivity contribution in [1.29, 1.82) is 5.26 Å². The lowest BCUT2D eigenvalue weighted by Crippen LogP contribution is -2.40. The van der Waals surface area contributed by atoms with E-state index in [-0.39, 0.29) is 24.3 Å². The van der Waals surface area contributed by atoms with E-state index in [0.29, 0.717) is 58.1 Å². The summed E-state index contributed by atoms with van der Waals surface area (Å²) in [6, 6.07) is 9.49. The number of aryl methyl sites for hydroxylation is 1. The second kappa shape index (κ2) is 11.5. The number of carbonyl (C=O) groups excluding carboxylic acids is 1. The van der Waals surface area contributed by atoms with Crippen LogP contribution in [0, 0.1) is 23.7 Å². The molecule has 6 rings (SSSR count). The first-order valence-corrected chi connectivity index (χ1v) is 14.8. The molecule has 0 radical (unpaired) electrons. The lowest BCUT2D eigenvalue weighted by molar-refractivity contribution is 0.0897. The number of hydrogen-bond acceptors (Lipinski definition) is 8. The first kappa shape index (κ1) is 29.0. The molecule has 1 aromatic carbocycles. The van der Waals surface area contributed by atoms with Crippen molar-refractivity contribution in [3.63, 3.8) is 0 Å². The Morgan fingerprint density at radius 1 is 1.21 bits per heavy atom. The van der Waals surface area contributed by atoms with E-state index >= 15 is 0 Å². The number of ether oxygens (including phenoxy) is 1. The van der Waals surface area contributed by atoms with E-state index in [2.05, 4.69) is 28.3 Å². The smallest absolute Gasteiger partial charge is 0.165 e. The van der Waals surface area contributed by atoms with Gasteiger partial charge in [-0.1, -0.05) is 30.7 Å². The van der Waals surface area contributed by atoms with Crippen molar-refractivity contribution in [3.05, 3.63) is 70.8 Å². The van der Waals surface area contributed by atoms with Crippen molar-refractivity contribution in [3.8, 4) is 23.1 Å². The number of aromatic nitrogens is 4. The van der Waals surface area contributed by atoms with Gasteiger partial charge in [-0.3, -0.25) is 9.78 Å². The van der Waals surface area contributed by atoms with E-state index in [1.54, 1.807) is 35.2 Å². The summed E-state index contributed by atoms with van der Waals surface area (Å²) in [5.74, 6) is 1.25. The van der Waals surface area contributed by atoms with Crippen LogP contribution in [0.3, 0.4) is 0 Å². The van der Waals surface area contributed by atoms with Crippen LogP contribution in [0.4, 0.5) is 10.2 Å². The van der Waals surface area contributed by atoms with Gasteiger partial charge in [-0.25, -0.2) is 13.9 Å². The minimum Gasteiger partial charge on any atom is -0.489 e. The zero-order chi connectivity index (χ0) is 30.2. The van der Waals surface area contributed by atoms with Crippen molar-refractivity contribution < 1.29 is 13.9 Å². The highest BCUT2D eigenvalue weighted by atomic mass is 35.5. The number of benzene rings is 1. The van der Waals surface area contributed by atoms with Crippen molar-refractivity contribution in [2.45, 2.75) is 45.2 Å². The Labute approximate surface area is 254 Å². The number of piperidine rings is 1. The Morgan fingerprint density at radius 2 is 2.02 bits per heavy atom. The fraction of sp³-hybridized carbons (Fsp3) is 0.406. The SMILES string of the molecule is Cc1cccc(Cl)c1C(=O)CC1(C)CCN(c2cnc(-c3cc(OCC4(F)CCNC4)cn4ncc(C#N)c34)cn2)CC1. The molecule has 1 atom stereocenters. The van der Waals surface area contributed by atoms with E-state index in [9.17, 15) is 14.4 Å². The molecule has 0 bridgehead atoms. The van der Waals surface area contributed by atoms with Gasteiger partial charge in [0.25, 0.3) is 0 Å². The number of halogens is 2. The molecular formula is C32H33ClFN7O2. The normalized spacial score (nSPS) is 19.8. The van der Waals surface area contributed by atoms with Gasteiger partial charge in [0.1, 0.15) is 24.2 Å². The monoisotopic (exact) mass is 601 g/mol. The summed E-state index contributed by atoms with van der Waals surface area (Å²) >= 11 is 6.36. The maximum absolute atomic E-state index is 14.9. The first-order valence-electron chi connectivity index (χ1n) is 14.5. The number of nitrogens with zero attached hydrogens (tertiary/aromatic N) is 6. The Bertz CT molecular complexity index is 1680. The minimum absolute atomic E-state index is 0.0823. The molecule has 43 heavy (non-hydrogen) atoms. The predicted octanol–water partition coefficient (Wildman–Crippen LogP) is 5.58. The van der Waals surface area contributed by atoms with E-state index in [4.69, 9.17) is 26.3 Å². The van der Waals surface area contributed by atoms with E-state index < -0.39 is 5.67 Å². The van der Waals surface area contributed by atoms with Gasteiger partial charge in [-0.05, 0) is 55.8 Å². The lowest BCUT2D eigenvalue weighted by Gasteiger charge is -2.39. The molecule has 1 N–H and O–H groups in total. The number of rotatable bonds is 8. The predicted molar refractivity (Wildman–Crippen MR) is 162 cm³/mol. The molecule has 1 unspecified atom stereocenters. The van der Waals surface area contributed by atoms with E-state index in [1.807, 2.05) is 19.1 Å². The molecule has 2 fully saturated rings. The summed E-state index contributed by atoms with van der Waals surface area (Å²) in [6.07, 6.45) is 9.04. The van der Waals surface area contributed by atoms with Gasteiger partial charge in [0.2, 0.25) is 0 Å². The second-order valence-corrected chi connectivity index (χ2v) is 12.4. The van der Waals surface area contributed by atoms with Gasteiger partial charge in [-0.2, -0.15) is 10.4 Å². The van der Waals surface area contributed by atoms with Gasteiger partial charge >= 0.3 is 0 Å². The standard InChI is InChI=1S/C32H33ClFN7O2/c1-21-4-3-5-25(33)29(21)27(42)13-31(2)7-10-40(11-8-31)28-17-37-26(16-38-28)24-12-23(43-20-32(34)6-9-36-19-32)18-41-30(24)22(14-35)15-39-41/h3-5,12,15-18,36H,6-11,13,19-20H2,1-2H3. The molecule has 2 aliphatic heterocycles. The summed E-state index contributed by atoms with van der Waals surface area (Å²) in [7, 11) is 0. The number of hydrogen-bond donors (Lipinski definition) is 1. The maximum atomic E-state index is 14.9. The fourth-order valence-corrected chi connectivity index (χ4v) is 6.37. The summed E-state index contributed by atoms with van der Waals surface area (Å²) in [4.78, 5) is 24.8. The highest BCUT2D eigenvalue weighted by Gasteiger charge is 2.35. The van der Waals surface area contributed by atoms with Gasteiger partial charge in [-0.15, -0.1) is 0 Å². The molecule has 0 amide bonds. The van der Waals surface area contributed by atoms with E-state index in [1.165, 1.54) is 6.20 Å². The van der Waals surface area contributed by atoms with Crippen LogP contribution in [0.2, 0.25) is 5.02 Å². The minimum atomic E-state index is -1.43. The Balaban J connectivity index is 1.17. The zero-order valence-electron chi connectivity index (χ0n) is 24.2. The van der Waals surface area contributed by atoms with E-state index in [0.717, 1.165) is 37.3 Å². The molecule has 4 aromatic rings. The van der Waals surface area contributed by atoms with Crippen LogP contribution in [0.1, 0.15) is 54.1 Å². The number of pyridine rings is 1. The number of ketones is 1. The average Bonchev–Trinajstić information content (AvgIpc) is 3.62. The highest BCUT2D eigenvalue weighted by molar-refractivity contribution is 6.34. The van der Waals surface area contributed by atoms with Crippen molar-refractivity contribution in [1.82, 2.24) is 24.9 Å². The molecule has 2 aliphatic rings. The first-order chi connectivity index (χ1) is 20.7. The maximum Gasteiger partial charge on any atom is 0.165 e. The van der Waals surface area contributed by atoms with Crippen LogP contribution >= 0.6 is 11.6 Å². The van der Waals surface area contributed by atoms with Gasteiger partial charge in [0, 0.05) is 37.2 Å². The third kappa shape index (κ3) is 5.92. The molecule has 2 saturated heterocycles. The number of carbonyl (C=O) groups is 1. The molecule has 5 heterocycles. The van der Waals surface area contributed by atoms with Crippen LogP contribution < -0.4 is 15.0 Å². The van der Waals surface area contributed by atoms with Crippen LogP contribution in [-0.4, -0.2) is 63.8 Å². The zero-order valence-corrected chi connectivity index (χ0v) is 25.0. The molecular weight excluding hydrogens is 569 g/mol. The Hall–Kier alpha value is -4.07. The summed E-state index contributed by atoms with van der Waals surface area (Å²) in [6.45, 7) is 6.36. The van der Waals surface area contributed by atoms with Gasteiger partial charge in [0.05, 0.1) is 46.6 Å². The topological polar surface area (TPSA) is 108 Å². The Morgan fingerprint density at radius 3 is 2.70 bits per heavy atom. The molecule has 3 aromatic heterocycles. The van der Waals surface area contributed by atoms with Crippen molar-refractivity contribution in [2.24, 2.45) is 5.41 Å². The van der Waals surface area contributed by atoms with Crippen molar-refractivity contribution >= 4 is 28.7 Å². The Kier molecular flexibility index (Phi) is 7.79. The fourth-order valence-electron chi connectivity index (χ4n) is 6.04.